The Morgan fingerprint density at radius 3 is 1.51 bits per heavy atom. The Morgan fingerprint density at radius 1 is 0.639 bits per heavy atom. The number of ether oxygens (including phenoxy) is 2. The third-order valence-corrected chi connectivity index (χ3v) is 17.3. The second-order valence-corrected chi connectivity index (χ2v) is 21.6. The van der Waals surface area contributed by atoms with Crippen molar-refractivity contribution in [1.82, 2.24) is 29.9 Å². The summed E-state index contributed by atoms with van der Waals surface area (Å²) >= 11 is 2.41. The maximum Gasteiger partial charge on any atom is 0.252 e. The van der Waals surface area contributed by atoms with Crippen molar-refractivity contribution in [1.29, 1.82) is 0 Å². The van der Waals surface area contributed by atoms with Gasteiger partial charge in [-0.15, -0.1) is 22.7 Å². The summed E-state index contributed by atoms with van der Waals surface area (Å²) in [7, 11) is -3.90. The van der Waals surface area contributed by atoms with E-state index in [-0.39, 0.29) is 37.0 Å². The van der Waals surface area contributed by atoms with Crippen molar-refractivity contribution in [2.75, 3.05) is 53.5 Å². The molecule has 2 fully saturated rings. The Morgan fingerprint density at radius 2 is 1.08 bits per heavy atom. The summed E-state index contributed by atoms with van der Waals surface area (Å²) in [5, 5.41) is 12.6. The van der Waals surface area contributed by atoms with Crippen LogP contribution in [0.5, 0.6) is 11.5 Å². The smallest absolute Gasteiger partial charge is 0.252 e. The number of amides is 2. The lowest BCUT2D eigenvalue weighted by molar-refractivity contribution is 0.0943. The Balaban J connectivity index is 0.000000231. The number of nitrogens with zero attached hydrogens (tertiary/aromatic N) is 2. The van der Waals surface area contributed by atoms with Gasteiger partial charge in [-0.2, -0.15) is 8.61 Å². The third kappa shape index (κ3) is 13.8. The fourth-order valence-electron chi connectivity index (χ4n) is 6.90. The van der Waals surface area contributed by atoms with E-state index in [0.29, 0.717) is 57.2 Å². The fraction of sp³-hybridized carbons (Fsp3) is 0.488. The van der Waals surface area contributed by atoms with Gasteiger partial charge in [0.1, 0.15) is 19.9 Å². The van der Waals surface area contributed by atoms with Gasteiger partial charge in [0, 0.05) is 59.1 Å². The highest BCUT2D eigenvalue weighted by Gasteiger charge is 2.34. The van der Waals surface area contributed by atoms with E-state index >= 15 is 0 Å². The summed E-state index contributed by atoms with van der Waals surface area (Å²) in [6.45, 7) is 8.80. The van der Waals surface area contributed by atoms with E-state index in [1.54, 1.807) is 95.6 Å². The van der Waals surface area contributed by atoms with Crippen molar-refractivity contribution in [3.05, 3.63) is 93.7 Å². The molecular formula is C43H60N6O8S4. The summed E-state index contributed by atoms with van der Waals surface area (Å²) in [5.74, 6) is 0.765. The van der Waals surface area contributed by atoms with Crippen LogP contribution in [0, 0.1) is 0 Å². The molecule has 4 N–H and O–H groups in total. The molecule has 4 heterocycles. The zero-order valence-corrected chi connectivity index (χ0v) is 38.7. The van der Waals surface area contributed by atoms with Crippen molar-refractivity contribution >= 4 is 54.5 Å². The molecule has 4 aromatic rings. The number of carbonyl (C=O) groups is 2. The van der Waals surface area contributed by atoms with Gasteiger partial charge in [-0.05, 0) is 99.4 Å². The summed E-state index contributed by atoms with van der Waals surface area (Å²) in [4.78, 5) is 26.3. The average Bonchev–Trinajstić information content (AvgIpc) is 4.12. The molecule has 6 rings (SSSR count). The third-order valence-electron chi connectivity index (χ3n) is 10.5. The molecule has 0 radical (unpaired) electrons. The number of benzene rings is 2. The number of methoxy groups -OCH3 is 2. The predicted molar refractivity (Wildman–Crippen MR) is 242 cm³/mol. The number of sulfonamides is 2. The lowest BCUT2D eigenvalue weighted by atomic mass is 10.2. The molecule has 334 valence electrons. The first kappa shape index (κ1) is 48.2. The summed E-state index contributed by atoms with van der Waals surface area (Å²) in [6, 6.07) is 21.0. The molecule has 2 amide bonds. The van der Waals surface area contributed by atoms with E-state index in [0.717, 1.165) is 54.9 Å². The van der Waals surface area contributed by atoms with Crippen LogP contribution in [-0.4, -0.2) is 103 Å². The summed E-state index contributed by atoms with van der Waals surface area (Å²) < 4.78 is 66.0. The van der Waals surface area contributed by atoms with E-state index in [2.05, 4.69) is 35.1 Å². The highest BCUT2D eigenvalue weighted by Crippen LogP contribution is 2.29. The number of nitrogens with one attached hydrogen (secondary N) is 4. The lowest BCUT2D eigenvalue weighted by Crippen LogP contribution is -2.35. The van der Waals surface area contributed by atoms with Crippen LogP contribution in [-0.2, 0) is 33.1 Å². The van der Waals surface area contributed by atoms with Gasteiger partial charge in [0.15, 0.2) is 0 Å². The number of unbranched alkanes of at least 4 members (excludes halogenated alkanes) is 3. The van der Waals surface area contributed by atoms with Crippen molar-refractivity contribution in [3.63, 3.8) is 0 Å². The van der Waals surface area contributed by atoms with Gasteiger partial charge >= 0.3 is 0 Å². The van der Waals surface area contributed by atoms with E-state index < -0.39 is 20.0 Å². The summed E-state index contributed by atoms with van der Waals surface area (Å²) in [6.07, 6.45) is 7.36. The molecule has 2 aliphatic rings. The average molecular weight is 917 g/mol. The Hall–Kier alpha value is -3.88. The van der Waals surface area contributed by atoms with Crippen LogP contribution >= 0.6 is 22.7 Å². The zero-order chi connectivity index (χ0) is 43.8. The largest absolute Gasteiger partial charge is 0.497 e. The van der Waals surface area contributed by atoms with Gasteiger partial charge in [-0.25, -0.2) is 16.8 Å². The molecule has 2 aromatic heterocycles. The minimum absolute atomic E-state index is 0.216. The van der Waals surface area contributed by atoms with Crippen LogP contribution in [0.15, 0.2) is 81.2 Å². The molecule has 0 bridgehead atoms. The van der Waals surface area contributed by atoms with E-state index in [1.165, 1.54) is 35.5 Å². The first-order valence-corrected chi connectivity index (χ1v) is 25.4. The molecule has 18 heteroatoms. The van der Waals surface area contributed by atoms with Gasteiger partial charge in [-0.3, -0.25) is 9.59 Å². The molecule has 2 atom stereocenters. The highest BCUT2D eigenvalue weighted by atomic mass is 32.3. The number of carbonyl (C=O) groups excluding carboxylic acids is 2. The van der Waals surface area contributed by atoms with Crippen LogP contribution in [0.4, 0.5) is 0 Å². The predicted octanol–water partition coefficient (Wildman–Crippen LogP) is 6.07. The number of hydrogen-bond acceptors (Lipinski definition) is 12. The van der Waals surface area contributed by atoms with Crippen molar-refractivity contribution < 1.29 is 35.9 Å². The quantitative estimate of drug-likeness (QED) is 0.0719. The number of hydrogen-bond donors (Lipinski definition) is 4. The van der Waals surface area contributed by atoms with Crippen LogP contribution in [0.3, 0.4) is 0 Å². The van der Waals surface area contributed by atoms with Crippen molar-refractivity contribution in [2.24, 2.45) is 0 Å². The van der Waals surface area contributed by atoms with Gasteiger partial charge in [0.2, 0.25) is 0 Å². The standard InChI is InChI=1S/C22H31N3O4S2.C21H29N3O4S2/c1-3-4-5-12-23-18-11-13-25(16-18)31(27,28)21-10-9-20(30-21)15-24-22(26)17-7-6-8-19(14-17)29-2;1-3-4-11-22-17-10-12-24(15-17)30(26,27)20-9-8-19(29-20)14-23-21(25)16-6-5-7-18(13-16)28-2/h6-10,14,18,23H,3-5,11-13,15-16H2,1-2H3,(H,24,26);5-9,13,17,22H,3-4,10-12,14-15H2,1-2H3,(H,23,25). The molecule has 61 heavy (non-hydrogen) atoms. The Bertz CT molecular complexity index is 2250. The molecule has 2 aliphatic heterocycles. The molecule has 0 aliphatic carbocycles. The second kappa shape index (κ2) is 23.5. The van der Waals surface area contributed by atoms with Gasteiger partial charge < -0.3 is 30.7 Å². The normalized spacial score (nSPS) is 17.1. The molecule has 2 unspecified atom stereocenters. The highest BCUT2D eigenvalue weighted by molar-refractivity contribution is 7.91. The molecule has 2 aromatic carbocycles. The molecule has 14 nitrogen and oxygen atoms in total. The Kier molecular flexibility index (Phi) is 18.6. The minimum Gasteiger partial charge on any atom is -0.497 e. The zero-order valence-electron chi connectivity index (χ0n) is 35.5. The van der Waals surface area contributed by atoms with Crippen LogP contribution in [0.2, 0.25) is 0 Å². The maximum atomic E-state index is 13.0. The van der Waals surface area contributed by atoms with Crippen molar-refractivity contribution in [2.45, 2.75) is 92.4 Å². The number of rotatable bonds is 21. The van der Waals surface area contributed by atoms with E-state index in [4.69, 9.17) is 9.47 Å². The van der Waals surface area contributed by atoms with Gasteiger partial charge in [0.05, 0.1) is 27.3 Å². The topological polar surface area (TPSA) is 175 Å². The minimum atomic E-state index is -3.50. The summed E-state index contributed by atoms with van der Waals surface area (Å²) in [5.41, 5.74) is 0.996. The molecule has 2 saturated heterocycles. The second-order valence-electron chi connectivity index (χ2n) is 14.9. The van der Waals surface area contributed by atoms with Gasteiger partial charge in [-0.1, -0.05) is 45.2 Å². The first-order chi connectivity index (χ1) is 29.4. The van der Waals surface area contributed by atoms with Crippen LogP contribution in [0.25, 0.3) is 0 Å². The van der Waals surface area contributed by atoms with Gasteiger partial charge in [0.25, 0.3) is 31.9 Å². The van der Waals surface area contributed by atoms with E-state index in [9.17, 15) is 26.4 Å². The molecule has 0 saturated carbocycles. The monoisotopic (exact) mass is 916 g/mol. The molecular weight excluding hydrogens is 857 g/mol. The Labute approximate surface area is 369 Å². The molecule has 0 spiro atoms. The maximum absolute atomic E-state index is 13.0. The van der Waals surface area contributed by atoms with Crippen LogP contribution in [0.1, 0.15) is 89.3 Å². The van der Waals surface area contributed by atoms with Crippen LogP contribution < -0.4 is 30.7 Å². The SMILES string of the molecule is CCCCCNC1CCN(S(=O)(=O)c2ccc(CNC(=O)c3cccc(OC)c3)s2)C1.CCCCNC1CCN(S(=O)(=O)c2ccc(CNC(=O)c3cccc(OC)c3)s2)C1. The number of thiophene rings is 2. The first-order valence-electron chi connectivity index (χ1n) is 20.9. The van der Waals surface area contributed by atoms with Crippen molar-refractivity contribution in [3.8, 4) is 11.5 Å². The van der Waals surface area contributed by atoms with E-state index in [1.807, 2.05) is 0 Å². The lowest BCUT2D eigenvalue weighted by Gasteiger charge is -2.16. The fourth-order valence-corrected chi connectivity index (χ4v) is 12.8.